The first-order chi connectivity index (χ1) is 14.6. The van der Waals surface area contributed by atoms with E-state index in [0.29, 0.717) is 0 Å². The lowest BCUT2D eigenvalue weighted by molar-refractivity contribution is -0.587. The van der Waals surface area contributed by atoms with Crippen LogP contribution in [0.3, 0.4) is 0 Å². The summed E-state index contributed by atoms with van der Waals surface area (Å²) in [5, 5.41) is 15.6. The Morgan fingerprint density at radius 1 is 0.343 bits per heavy atom. The van der Waals surface area contributed by atoms with E-state index in [0.717, 1.165) is 0 Å². The minimum absolute atomic E-state index is 1.27. The minimum Gasteiger partial charge on any atom is -0.333 e. The Hall–Kier alpha value is -1.60. The molecule has 212 valence electrons. The van der Waals surface area contributed by atoms with E-state index in [1.807, 2.05) is 0 Å². The third-order valence-electron chi connectivity index (χ3n) is 2.94. The normalized spacial score (nSPS) is 18.0. The fraction of sp³-hybridized carbons (Fsp3) is 1.00. The van der Waals surface area contributed by atoms with Crippen LogP contribution in [-0.4, -0.2) is 70.9 Å². The van der Waals surface area contributed by atoms with Crippen molar-refractivity contribution in [1.29, 1.82) is 0 Å². The van der Waals surface area contributed by atoms with E-state index in [1.54, 1.807) is 0 Å². The van der Waals surface area contributed by atoms with Crippen molar-refractivity contribution in [1.82, 2.24) is 0 Å². The Kier molecular flexibility index (Phi) is 8.09. The maximum Gasteiger partial charge on any atom is 0.460 e. The second kappa shape index (κ2) is 8.47. The van der Waals surface area contributed by atoms with Gasteiger partial charge in [-0.15, -0.1) is 0 Å². The second-order valence-corrected chi connectivity index (χ2v) is 5.64. The van der Waals surface area contributed by atoms with Crippen LogP contribution in [0.1, 0.15) is 0 Å². The van der Waals surface area contributed by atoms with Gasteiger partial charge in [0, 0.05) is 0 Å². The molecular formula is C10H2F20O5. The first-order valence-corrected chi connectivity index (χ1v) is 6.95. The van der Waals surface area contributed by atoms with Gasteiger partial charge in [-0.05, 0) is 0 Å². The van der Waals surface area contributed by atoms with Gasteiger partial charge in [0.25, 0.3) is 0 Å². The van der Waals surface area contributed by atoms with Crippen molar-refractivity contribution in [3.8, 4) is 0 Å². The summed E-state index contributed by atoms with van der Waals surface area (Å²) in [6.07, 6.45) is -52.8. The molecule has 0 heterocycles. The van der Waals surface area contributed by atoms with Gasteiger partial charge in [-0.2, -0.15) is 87.8 Å². The highest BCUT2D eigenvalue weighted by Gasteiger charge is 2.85. The van der Waals surface area contributed by atoms with Gasteiger partial charge in [-0.1, -0.05) is 0 Å². The topological polar surface area (TPSA) is 68.2 Å². The Labute approximate surface area is 174 Å². The van der Waals surface area contributed by atoms with Gasteiger partial charge in [-0.25, -0.2) is 14.2 Å². The van der Waals surface area contributed by atoms with Crippen molar-refractivity contribution < 1.29 is 112 Å². The average molecular weight is 582 g/mol. The fourth-order valence-corrected chi connectivity index (χ4v) is 1.22. The summed E-state index contributed by atoms with van der Waals surface area (Å²) < 4.78 is 256. The van der Waals surface area contributed by atoms with Crippen molar-refractivity contribution in [3.63, 3.8) is 0 Å². The summed E-state index contributed by atoms with van der Waals surface area (Å²) in [4.78, 5) is 0. The first kappa shape index (κ1) is 33.4. The van der Waals surface area contributed by atoms with Crippen molar-refractivity contribution in [2.45, 2.75) is 60.7 Å². The van der Waals surface area contributed by atoms with E-state index in [-0.39, 0.29) is 0 Å². The second-order valence-electron chi connectivity index (χ2n) is 5.64. The van der Waals surface area contributed by atoms with Crippen molar-refractivity contribution in [2.75, 3.05) is 0 Å². The van der Waals surface area contributed by atoms with Crippen LogP contribution in [0.5, 0.6) is 0 Å². The van der Waals surface area contributed by atoms with Gasteiger partial charge in [-0.3, -0.25) is 0 Å². The molecule has 1 unspecified atom stereocenters. The Bertz CT molecular complexity index is 750. The summed E-state index contributed by atoms with van der Waals surface area (Å²) in [7, 11) is 0. The minimum atomic E-state index is -8.18. The van der Waals surface area contributed by atoms with Crippen LogP contribution >= 0.6 is 0 Å². The van der Waals surface area contributed by atoms with Gasteiger partial charge in [0.1, 0.15) is 0 Å². The maximum absolute atomic E-state index is 13.2. The highest BCUT2D eigenvalue weighted by molar-refractivity contribution is 4.97. The lowest BCUT2D eigenvalue weighted by Crippen LogP contribution is -2.66. The predicted octanol–water partition coefficient (Wildman–Crippen LogP) is 5.03. The molecule has 5 nitrogen and oxygen atoms in total. The molecule has 0 fully saturated rings. The summed E-state index contributed by atoms with van der Waals surface area (Å²) in [5.41, 5.74) is 0. The summed E-state index contributed by atoms with van der Waals surface area (Å²) >= 11 is 0. The van der Waals surface area contributed by atoms with Crippen molar-refractivity contribution in [2.24, 2.45) is 0 Å². The molecular weight excluding hydrogens is 580 g/mol. The number of halogens is 20. The van der Waals surface area contributed by atoms with Gasteiger partial charge in [0.15, 0.2) is 0 Å². The van der Waals surface area contributed by atoms with Gasteiger partial charge in [0.05, 0.1) is 0 Å². The smallest absolute Gasteiger partial charge is 0.333 e. The third kappa shape index (κ3) is 6.04. The zero-order valence-electron chi connectivity index (χ0n) is 14.7. The maximum atomic E-state index is 13.2. The summed E-state index contributed by atoms with van der Waals surface area (Å²) in [6, 6.07) is -7.52. The number of hydrogen-bond acceptors (Lipinski definition) is 5. The van der Waals surface area contributed by atoms with Crippen LogP contribution in [0.15, 0.2) is 0 Å². The van der Waals surface area contributed by atoms with Crippen LogP contribution in [-0.2, 0) is 14.2 Å². The van der Waals surface area contributed by atoms with E-state index < -0.39 is 60.7 Å². The van der Waals surface area contributed by atoms with Crippen LogP contribution in [0, 0.1) is 0 Å². The molecule has 0 rings (SSSR count). The van der Waals surface area contributed by atoms with Crippen molar-refractivity contribution >= 4 is 0 Å². The highest BCUT2D eigenvalue weighted by Crippen LogP contribution is 2.56. The number of aliphatic hydroxyl groups is 2. The molecule has 0 saturated heterocycles. The zero-order valence-corrected chi connectivity index (χ0v) is 14.7. The van der Waals surface area contributed by atoms with Crippen LogP contribution in [0.4, 0.5) is 87.8 Å². The molecule has 35 heavy (non-hydrogen) atoms. The Morgan fingerprint density at radius 2 is 0.657 bits per heavy atom. The molecule has 0 aliphatic carbocycles. The molecule has 0 aromatic rings. The SMILES string of the molecule is OC(F)(F)C(F)(F)OC(F)(F)C(F)(F)OC(F)(F)C(O)(F)OC(F)(F)C(F)(F)C(F)(F)C(F)(F)F. The quantitative estimate of drug-likeness (QED) is 0.265. The van der Waals surface area contributed by atoms with Crippen molar-refractivity contribution in [3.05, 3.63) is 0 Å². The number of ether oxygens (including phenoxy) is 3. The zero-order chi connectivity index (χ0) is 29.1. The summed E-state index contributed by atoms with van der Waals surface area (Å²) in [6.45, 7) is 0. The molecule has 0 aliphatic heterocycles. The Balaban J connectivity index is 6.14. The van der Waals surface area contributed by atoms with E-state index in [2.05, 4.69) is 0 Å². The number of hydrogen-bond donors (Lipinski definition) is 2. The van der Waals surface area contributed by atoms with Gasteiger partial charge >= 0.3 is 60.7 Å². The first-order valence-electron chi connectivity index (χ1n) is 6.95. The average Bonchev–Trinajstić information content (AvgIpc) is 2.48. The molecule has 0 radical (unpaired) electrons. The third-order valence-corrected chi connectivity index (χ3v) is 2.94. The molecule has 0 amide bonds. The molecule has 0 aliphatic rings. The molecule has 0 aromatic carbocycles. The molecule has 1 atom stereocenters. The fourth-order valence-electron chi connectivity index (χ4n) is 1.22. The highest BCUT2D eigenvalue weighted by atomic mass is 19.4. The van der Waals surface area contributed by atoms with Crippen LogP contribution in [0.2, 0.25) is 0 Å². The largest absolute Gasteiger partial charge is 0.460 e. The Morgan fingerprint density at radius 3 is 0.943 bits per heavy atom. The van der Waals surface area contributed by atoms with Crippen LogP contribution in [0.25, 0.3) is 0 Å². The molecule has 0 aromatic heterocycles. The lowest BCUT2D eigenvalue weighted by atomic mass is 10.1. The molecule has 0 saturated carbocycles. The van der Waals surface area contributed by atoms with Gasteiger partial charge < -0.3 is 10.2 Å². The standard InChI is InChI=1S/C10H2F20O5/c11-1(12,3(15,16)17)2(13,14)5(20,21)35-10(30,32)9(28,29)34-8(26,27)7(24,25)33-6(22,23)4(18,19)31/h31-32H. The molecule has 25 heteroatoms. The summed E-state index contributed by atoms with van der Waals surface area (Å²) in [5.74, 6) is -16.2. The number of rotatable bonds is 11. The van der Waals surface area contributed by atoms with E-state index in [9.17, 15) is 87.8 Å². The lowest BCUT2D eigenvalue weighted by Gasteiger charge is -2.38. The van der Waals surface area contributed by atoms with E-state index >= 15 is 0 Å². The van der Waals surface area contributed by atoms with E-state index in [1.165, 1.54) is 14.2 Å². The van der Waals surface area contributed by atoms with Crippen LogP contribution < -0.4 is 0 Å². The van der Waals surface area contributed by atoms with Gasteiger partial charge in [0.2, 0.25) is 0 Å². The van der Waals surface area contributed by atoms with E-state index in [4.69, 9.17) is 10.2 Å². The monoisotopic (exact) mass is 582 g/mol. The molecule has 0 bridgehead atoms. The molecule has 2 N–H and O–H groups in total. The molecule has 0 spiro atoms. The predicted molar refractivity (Wildman–Crippen MR) is 57.2 cm³/mol. The number of alkyl halides is 20.